The molecule has 1 saturated heterocycles. The minimum Gasteiger partial charge on any atom is -0.497 e. The van der Waals surface area contributed by atoms with E-state index in [2.05, 4.69) is 32.3 Å². The lowest BCUT2D eigenvalue weighted by Crippen LogP contribution is -2.26. The molecule has 132 valence electrons. The molecule has 1 atom stereocenters. The minimum absolute atomic E-state index is 0.374. The predicted octanol–water partition coefficient (Wildman–Crippen LogP) is 3.06. The third-order valence-corrected chi connectivity index (χ3v) is 4.86. The van der Waals surface area contributed by atoms with Crippen LogP contribution in [0.2, 0.25) is 0 Å². The number of anilines is 2. The molecule has 1 aliphatic carbocycles. The minimum atomic E-state index is 0.374. The zero-order valence-corrected chi connectivity index (χ0v) is 14.7. The SMILES string of the molecule is COc1cc(OC)cc(N2CCC(Nc3ccnc(C4CC4)n3)C2)c1. The molecule has 2 aliphatic rings. The highest BCUT2D eigenvalue weighted by Crippen LogP contribution is 2.38. The van der Waals surface area contributed by atoms with Crippen molar-refractivity contribution in [2.24, 2.45) is 0 Å². The molecule has 25 heavy (non-hydrogen) atoms. The molecule has 1 saturated carbocycles. The Hall–Kier alpha value is -2.50. The number of methoxy groups -OCH3 is 2. The fourth-order valence-electron chi connectivity index (χ4n) is 3.29. The summed E-state index contributed by atoms with van der Waals surface area (Å²) in [5, 5.41) is 3.57. The Bertz CT molecular complexity index is 726. The molecule has 0 spiro atoms. The lowest BCUT2D eigenvalue weighted by Gasteiger charge is -2.21. The molecule has 1 aromatic carbocycles. The maximum Gasteiger partial charge on any atom is 0.133 e. The second kappa shape index (κ2) is 6.78. The van der Waals surface area contributed by atoms with Crippen molar-refractivity contribution in [3.63, 3.8) is 0 Å². The molecular weight excluding hydrogens is 316 g/mol. The first-order valence-corrected chi connectivity index (χ1v) is 8.82. The Kier molecular flexibility index (Phi) is 4.34. The number of rotatable bonds is 6. The Morgan fingerprint density at radius 1 is 1.08 bits per heavy atom. The summed E-state index contributed by atoms with van der Waals surface area (Å²) in [5.41, 5.74) is 1.13. The number of hydrogen-bond acceptors (Lipinski definition) is 6. The molecule has 2 heterocycles. The van der Waals surface area contributed by atoms with Gasteiger partial charge >= 0.3 is 0 Å². The van der Waals surface area contributed by atoms with E-state index in [1.807, 2.05) is 18.3 Å². The Morgan fingerprint density at radius 3 is 2.52 bits per heavy atom. The first-order chi connectivity index (χ1) is 12.2. The monoisotopic (exact) mass is 340 g/mol. The van der Waals surface area contributed by atoms with Gasteiger partial charge in [-0.2, -0.15) is 0 Å². The Balaban J connectivity index is 1.43. The zero-order chi connectivity index (χ0) is 17.2. The highest BCUT2D eigenvalue weighted by Gasteiger charge is 2.27. The van der Waals surface area contributed by atoms with Crippen molar-refractivity contribution >= 4 is 11.5 Å². The van der Waals surface area contributed by atoms with E-state index in [0.717, 1.165) is 48.3 Å². The summed E-state index contributed by atoms with van der Waals surface area (Å²) in [7, 11) is 3.36. The first kappa shape index (κ1) is 16.0. The smallest absolute Gasteiger partial charge is 0.133 e. The molecule has 0 bridgehead atoms. The average molecular weight is 340 g/mol. The molecule has 2 aromatic rings. The largest absolute Gasteiger partial charge is 0.497 e. The van der Waals surface area contributed by atoms with Crippen LogP contribution < -0.4 is 19.7 Å². The number of ether oxygens (including phenoxy) is 2. The van der Waals surface area contributed by atoms with Crippen LogP contribution in [0.3, 0.4) is 0 Å². The fraction of sp³-hybridized carbons (Fsp3) is 0.474. The van der Waals surface area contributed by atoms with Gasteiger partial charge in [-0.05, 0) is 25.3 Å². The lowest BCUT2D eigenvalue weighted by molar-refractivity contribution is 0.394. The molecule has 0 radical (unpaired) electrons. The second-order valence-corrected chi connectivity index (χ2v) is 6.72. The van der Waals surface area contributed by atoms with Gasteiger partial charge < -0.3 is 19.7 Å². The highest BCUT2D eigenvalue weighted by atomic mass is 16.5. The van der Waals surface area contributed by atoms with Crippen LogP contribution in [0, 0.1) is 0 Å². The van der Waals surface area contributed by atoms with Crippen molar-refractivity contribution < 1.29 is 9.47 Å². The third-order valence-electron chi connectivity index (χ3n) is 4.86. The zero-order valence-electron chi connectivity index (χ0n) is 14.7. The van der Waals surface area contributed by atoms with Gasteiger partial charge in [-0.1, -0.05) is 0 Å². The van der Waals surface area contributed by atoms with Crippen molar-refractivity contribution in [1.82, 2.24) is 9.97 Å². The van der Waals surface area contributed by atoms with Crippen molar-refractivity contribution in [1.29, 1.82) is 0 Å². The summed E-state index contributed by atoms with van der Waals surface area (Å²) in [6.07, 6.45) is 5.38. The van der Waals surface area contributed by atoms with Gasteiger partial charge in [-0.15, -0.1) is 0 Å². The lowest BCUT2D eigenvalue weighted by atomic mass is 10.2. The fourth-order valence-corrected chi connectivity index (χ4v) is 3.29. The van der Waals surface area contributed by atoms with Gasteiger partial charge in [0, 0.05) is 55.1 Å². The topological polar surface area (TPSA) is 59.5 Å². The van der Waals surface area contributed by atoms with Crippen molar-refractivity contribution in [3.05, 3.63) is 36.3 Å². The van der Waals surface area contributed by atoms with E-state index in [-0.39, 0.29) is 0 Å². The van der Waals surface area contributed by atoms with Gasteiger partial charge in [0.2, 0.25) is 0 Å². The van der Waals surface area contributed by atoms with Crippen LogP contribution in [0.25, 0.3) is 0 Å². The maximum absolute atomic E-state index is 5.38. The van der Waals surface area contributed by atoms with Gasteiger partial charge in [0.05, 0.1) is 14.2 Å². The van der Waals surface area contributed by atoms with Gasteiger partial charge in [0.1, 0.15) is 23.1 Å². The third kappa shape index (κ3) is 3.62. The summed E-state index contributed by atoms with van der Waals surface area (Å²) in [5.74, 6) is 4.13. The summed E-state index contributed by atoms with van der Waals surface area (Å²) in [6, 6.07) is 8.35. The molecule has 1 N–H and O–H groups in total. The van der Waals surface area contributed by atoms with E-state index in [0.29, 0.717) is 12.0 Å². The van der Waals surface area contributed by atoms with Crippen LogP contribution in [-0.2, 0) is 0 Å². The van der Waals surface area contributed by atoms with Crippen LogP contribution in [-0.4, -0.2) is 43.3 Å². The molecule has 1 unspecified atom stereocenters. The van der Waals surface area contributed by atoms with Gasteiger partial charge in [0.25, 0.3) is 0 Å². The van der Waals surface area contributed by atoms with Crippen molar-refractivity contribution in [2.75, 3.05) is 37.5 Å². The van der Waals surface area contributed by atoms with Crippen molar-refractivity contribution in [3.8, 4) is 11.5 Å². The van der Waals surface area contributed by atoms with Crippen LogP contribution in [0.15, 0.2) is 30.5 Å². The summed E-state index contributed by atoms with van der Waals surface area (Å²) < 4.78 is 10.8. The molecule has 6 nitrogen and oxygen atoms in total. The van der Waals surface area contributed by atoms with E-state index in [9.17, 15) is 0 Å². The number of nitrogens with one attached hydrogen (secondary N) is 1. The summed E-state index contributed by atoms with van der Waals surface area (Å²) in [4.78, 5) is 11.4. The highest BCUT2D eigenvalue weighted by molar-refractivity contribution is 5.57. The van der Waals surface area contributed by atoms with Crippen LogP contribution in [0.4, 0.5) is 11.5 Å². The normalized spacial score (nSPS) is 19.8. The number of hydrogen-bond donors (Lipinski definition) is 1. The van der Waals surface area contributed by atoms with E-state index < -0.39 is 0 Å². The van der Waals surface area contributed by atoms with Gasteiger partial charge in [-0.3, -0.25) is 0 Å². The van der Waals surface area contributed by atoms with Crippen molar-refractivity contribution in [2.45, 2.75) is 31.2 Å². The van der Waals surface area contributed by atoms with E-state index in [4.69, 9.17) is 9.47 Å². The maximum atomic E-state index is 5.38. The van der Waals surface area contributed by atoms with Crippen LogP contribution in [0.5, 0.6) is 11.5 Å². The summed E-state index contributed by atoms with van der Waals surface area (Å²) >= 11 is 0. The predicted molar refractivity (Wildman–Crippen MR) is 97.8 cm³/mol. The molecular formula is C19H24N4O2. The van der Waals surface area contributed by atoms with Gasteiger partial charge in [0.15, 0.2) is 0 Å². The van der Waals surface area contributed by atoms with E-state index in [1.54, 1.807) is 14.2 Å². The molecule has 0 amide bonds. The molecule has 2 fully saturated rings. The van der Waals surface area contributed by atoms with Crippen LogP contribution >= 0.6 is 0 Å². The molecule has 4 rings (SSSR count). The number of nitrogens with zero attached hydrogens (tertiary/aromatic N) is 3. The molecule has 1 aromatic heterocycles. The first-order valence-electron chi connectivity index (χ1n) is 8.82. The Morgan fingerprint density at radius 2 is 1.84 bits per heavy atom. The second-order valence-electron chi connectivity index (χ2n) is 6.72. The number of benzene rings is 1. The van der Waals surface area contributed by atoms with Crippen LogP contribution in [0.1, 0.15) is 31.0 Å². The Labute approximate surface area is 148 Å². The van der Waals surface area contributed by atoms with E-state index >= 15 is 0 Å². The molecule has 1 aliphatic heterocycles. The standard InChI is InChI=1S/C19H24N4O2/c1-24-16-9-15(10-17(11-16)25-2)23-8-6-14(12-23)21-18-5-7-20-19(22-18)13-3-4-13/h5,7,9-11,13-14H,3-4,6,8,12H2,1-2H3,(H,20,21,22). The quantitative estimate of drug-likeness (QED) is 0.872. The van der Waals surface area contributed by atoms with Gasteiger partial charge in [-0.25, -0.2) is 9.97 Å². The molecule has 6 heteroatoms. The van der Waals surface area contributed by atoms with E-state index in [1.165, 1.54) is 12.8 Å². The number of aromatic nitrogens is 2. The average Bonchev–Trinajstić information content (AvgIpc) is 3.41. The summed E-state index contributed by atoms with van der Waals surface area (Å²) in [6.45, 7) is 1.92.